The van der Waals surface area contributed by atoms with Crippen molar-refractivity contribution in [3.8, 4) is 0 Å². The van der Waals surface area contributed by atoms with Gasteiger partial charge in [0.05, 0.1) is 0 Å². The molecule has 3 rings (SSSR count). The zero-order chi connectivity index (χ0) is 16.3. The summed E-state index contributed by atoms with van der Waals surface area (Å²) in [5.41, 5.74) is 3.84. The molecule has 0 saturated heterocycles. The Morgan fingerprint density at radius 2 is 1.82 bits per heavy atom. The number of hydrogen-bond acceptors (Lipinski definition) is 2. The van der Waals surface area contributed by atoms with Crippen molar-refractivity contribution in [2.75, 3.05) is 0 Å². The maximum Gasteiger partial charge on any atom is 0.223 e. The zero-order valence-corrected chi connectivity index (χ0v) is 14.3. The fourth-order valence-electron chi connectivity index (χ4n) is 4.57. The van der Waals surface area contributed by atoms with Crippen molar-refractivity contribution in [1.29, 1.82) is 0 Å². The van der Waals surface area contributed by atoms with E-state index in [-0.39, 0.29) is 28.3 Å². The smallest absolute Gasteiger partial charge is 0.223 e. The van der Waals surface area contributed by atoms with Crippen LogP contribution < -0.4 is 0 Å². The Balaban J connectivity index is 2.22. The fourth-order valence-corrected chi connectivity index (χ4v) is 4.57. The van der Waals surface area contributed by atoms with Gasteiger partial charge in [-0.2, -0.15) is 0 Å². The normalized spacial score (nSPS) is 30.5. The minimum Gasteiger partial charge on any atom is -0.504 e. The summed E-state index contributed by atoms with van der Waals surface area (Å²) in [6.45, 7) is 10.7. The molecule has 1 fully saturated rings. The zero-order valence-electron chi connectivity index (χ0n) is 14.3. The Hall–Kier alpha value is -1.57. The molecule has 0 radical (unpaired) electrons. The second-order valence-corrected chi connectivity index (χ2v) is 8.08. The summed E-state index contributed by atoms with van der Waals surface area (Å²) < 4.78 is 0. The average Bonchev–Trinajstić information content (AvgIpc) is 2.40. The SMILES string of the molecule is CC(C)C1=CC2=CC=C3C(C)(C)CCC[C@]3(C)C2=C(O)C1=O. The number of allylic oxidation sites excluding steroid dienone is 7. The monoisotopic (exact) mass is 298 g/mol. The highest BCUT2D eigenvalue weighted by Gasteiger charge is 2.48. The van der Waals surface area contributed by atoms with Gasteiger partial charge in [-0.05, 0) is 35.8 Å². The molecular weight excluding hydrogens is 272 g/mol. The van der Waals surface area contributed by atoms with Gasteiger partial charge in [-0.3, -0.25) is 4.79 Å². The number of ketones is 1. The number of aliphatic hydroxyl groups is 1. The van der Waals surface area contributed by atoms with E-state index in [2.05, 4.69) is 32.9 Å². The second-order valence-electron chi connectivity index (χ2n) is 8.08. The van der Waals surface area contributed by atoms with Gasteiger partial charge < -0.3 is 5.11 Å². The van der Waals surface area contributed by atoms with Gasteiger partial charge in [0.25, 0.3) is 0 Å². The van der Waals surface area contributed by atoms with Crippen LogP contribution in [-0.4, -0.2) is 10.9 Å². The van der Waals surface area contributed by atoms with Crippen molar-refractivity contribution in [3.05, 3.63) is 46.3 Å². The Kier molecular flexibility index (Phi) is 3.28. The molecule has 118 valence electrons. The van der Waals surface area contributed by atoms with Crippen molar-refractivity contribution in [2.45, 2.75) is 53.9 Å². The molecule has 0 bridgehead atoms. The van der Waals surface area contributed by atoms with Crippen LogP contribution in [0.5, 0.6) is 0 Å². The Labute approximate surface area is 133 Å². The predicted octanol–water partition coefficient (Wildman–Crippen LogP) is 5.05. The summed E-state index contributed by atoms with van der Waals surface area (Å²) in [6, 6.07) is 0. The van der Waals surface area contributed by atoms with Crippen LogP contribution in [0.15, 0.2) is 46.3 Å². The van der Waals surface area contributed by atoms with Crippen LogP contribution in [0, 0.1) is 16.7 Å². The lowest BCUT2D eigenvalue weighted by Crippen LogP contribution is -2.39. The summed E-state index contributed by atoms with van der Waals surface area (Å²) in [5.74, 6) is -0.0886. The predicted molar refractivity (Wildman–Crippen MR) is 89.5 cm³/mol. The van der Waals surface area contributed by atoms with Gasteiger partial charge in [0, 0.05) is 16.6 Å². The lowest BCUT2D eigenvalue weighted by atomic mass is 9.54. The van der Waals surface area contributed by atoms with E-state index < -0.39 is 0 Å². The van der Waals surface area contributed by atoms with Gasteiger partial charge in [-0.15, -0.1) is 0 Å². The van der Waals surface area contributed by atoms with Gasteiger partial charge >= 0.3 is 0 Å². The molecule has 1 atom stereocenters. The van der Waals surface area contributed by atoms with E-state index in [1.54, 1.807) is 0 Å². The standard InChI is InChI=1S/C20H26O2/c1-12(2)14-11-13-7-8-15-19(3,4)9-6-10-20(15,5)16(13)18(22)17(14)21/h7-8,11-12,22H,6,9-10H2,1-5H3/t20-/m0/s1. The molecule has 0 unspecified atom stereocenters. The van der Waals surface area contributed by atoms with E-state index in [1.807, 2.05) is 19.9 Å². The van der Waals surface area contributed by atoms with Gasteiger partial charge in [0.15, 0.2) is 5.76 Å². The third kappa shape index (κ3) is 1.96. The van der Waals surface area contributed by atoms with Crippen molar-refractivity contribution >= 4 is 5.78 Å². The van der Waals surface area contributed by atoms with Gasteiger partial charge in [-0.25, -0.2) is 0 Å². The number of carbonyl (C=O) groups excluding carboxylic acids is 1. The number of fused-ring (bicyclic) bond motifs is 3. The van der Waals surface area contributed by atoms with Crippen LogP contribution in [0.4, 0.5) is 0 Å². The molecule has 0 aromatic carbocycles. The third-order valence-electron chi connectivity index (χ3n) is 5.72. The number of carbonyl (C=O) groups is 1. The summed E-state index contributed by atoms with van der Waals surface area (Å²) in [7, 11) is 0. The van der Waals surface area contributed by atoms with Gasteiger partial charge in [0.1, 0.15) is 0 Å². The first-order valence-corrected chi connectivity index (χ1v) is 8.32. The second kappa shape index (κ2) is 4.71. The summed E-state index contributed by atoms with van der Waals surface area (Å²) >= 11 is 0. The first kappa shape index (κ1) is 15.3. The van der Waals surface area contributed by atoms with E-state index in [9.17, 15) is 9.90 Å². The average molecular weight is 298 g/mol. The van der Waals surface area contributed by atoms with Crippen molar-refractivity contribution in [3.63, 3.8) is 0 Å². The van der Waals surface area contributed by atoms with Crippen molar-refractivity contribution in [1.82, 2.24) is 0 Å². The molecule has 2 heteroatoms. The van der Waals surface area contributed by atoms with Gasteiger partial charge in [-0.1, -0.05) is 58.8 Å². The third-order valence-corrected chi connectivity index (χ3v) is 5.72. The van der Waals surface area contributed by atoms with E-state index in [0.29, 0.717) is 5.57 Å². The minimum absolute atomic E-state index is 0.0248. The molecule has 3 aliphatic carbocycles. The number of hydrogen-bond donors (Lipinski definition) is 1. The highest BCUT2D eigenvalue weighted by molar-refractivity contribution is 6.10. The van der Waals surface area contributed by atoms with Crippen LogP contribution in [0.2, 0.25) is 0 Å². The first-order valence-electron chi connectivity index (χ1n) is 8.32. The van der Waals surface area contributed by atoms with E-state index in [4.69, 9.17) is 0 Å². The molecule has 1 saturated carbocycles. The molecule has 0 amide bonds. The molecule has 0 heterocycles. The quantitative estimate of drug-likeness (QED) is 0.735. The number of Topliss-reactive ketones (excluding diaryl/α,β-unsaturated/α-hetero) is 1. The molecule has 0 aromatic rings. The van der Waals surface area contributed by atoms with E-state index >= 15 is 0 Å². The van der Waals surface area contributed by atoms with Crippen molar-refractivity contribution < 1.29 is 9.90 Å². The molecule has 0 aromatic heterocycles. The lowest BCUT2D eigenvalue weighted by Gasteiger charge is -2.49. The fraction of sp³-hybridized carbons (Fsp3) is 0.550. The Morgan fingerprint density at radius 3 is 2.45 bits per heavy atom. The lowest BCUT2D eigenvalue weighted by molar-refractivity contribution is -0.115. The van der Waals surface area contributed by atoms with Gasteiger partial charge in [0.2, 0.25) is 5.78 Å². The van der Waals surface area contributed by atoms with Crippen molar-refractivity contribution in [2.24, 2.45) is 16.7 Å². The maximum absolute atomic E-state index is 12.6. The molecule has 3 aliphatic rings. The van der Waals surface area contributed by atoms with Crippen LogP contribution in [0.3, 0.4) is 0 Å². The summed E-state index contributed by atoms with van der Waals surface area (Å²) in [6.07, 6.45) is 9.59. The molecule has 1 N–H and O–H groups in total. The largest absolute Gasteiger partial charge is 0.504 e. The molecule has 22 heavy (non-hydrogen) atoms. The summed E-state index contributed by atoms with van der Waals surface area (Å²) in [5, 5.41) is 10.7. The van der Waals surface area contributed by atoms with Crippen LogP contribution in [-0.2, 0) is 4.79 Å². The van der Waals surface area contributed by atoms with Crippen LogP contribution >= 0.6 is 0 Å². The Morgan fingerprint density at radius 1 is 1.14 bits per heavy atom. The molecule has 0 aliphatic heterocycles. The van der Waals surface area contributed by atoms with Crippen LogP contribution in [0.25, 0.3) is 0 Å². The Bertz CT molecular complexity index is 668. The molecule has 2 nitrogen and oxygen atoms in total. The topological polar surface area (TPSA) is 37.3 Å². The molecular formula is C20H26O2. The van der Waals surface area contributed by atoms with E-state index in [0.717, 1.165) is 30.4 Å². The van der Waals surface area contributed by atoms with Crippen LogP contribution in [0.1, 0.15) is 53.9 Å². The maximum atomic E-state index is 12.6. The molecule has 0 spiro atoms. The minimum atomic E-state index is -0.218. The number of rotatable bonds is 1. The highest BCUT2D eigenvalue weighted by Crippen LogP contribution is 2.58. The van der Waals surface area contributed by atoms with E-state index in [1.165, 1.54) is 5.57 Å². The highest BCUT2D eigenvalue weighted by atomic mass is 16.3. The summed E-state index contributed by atoms with van der Waals surface area (Å²) in [4.78, 5) is 12.6. The number of aliphatic hydroxyl groups excluding tert-OH is 1. The first-order chi connectivity index (χ1) is 10.2.